The fourth-order valence-electron chi connectivity index (χ4n) is 4.79. The van der Waals surface area contributed by atoms with Crippen molar-refractivity contribution in [1.29, 1.82) is 10.5 Å². The van der Waals surface area contributed by atoms with Crippen LogP contribution in [0.3, 0.4) is 0 Å². The Labute approximate surface area is 238 Å². The van der Waals surface area contributed by atoms with Crippen LogP contribution in [0.25, 0.3) is 5.69 Å². The SMILES string of the molecule is C[C@H](NC(c1cccc(-n2cncn2)c1)C(C)(C)C#N)[C@@H](Cc1ccc(CI)cc1)c1cccc(C#N)c1. The molecular formula is C31H31IN6. The number of benzene rings is 3. The molecule has 1 unspecified atom stereocenters. The molecule has 38 heavy (non-hydrogen) atoms. The second-order valence-corrected chi connectivity index (χ2v) is 10.9. The van der Waals surface area contributed by atoms with Gasteiger partial charge in [0.05, 0.1) is 34.8 Å². The van der Waals surface area contributed by atoms with Crippen LogP contribution in [0.2, 0.25) is 0 Å². The van der Waals surface area contributed by atoms with Gasteiger partial charge in [0.1, 0.15) is 12.7 Å². The number of nitriles is 2. The third-order valence-corrected chi connectivity index (χ3v) is 7.89. The molecule has 0 aliphatic rings. The average molecular weight is 615 g/mol. The van der Waals surface area contributed by atoms with Gasteiger partial charge >= 0.3 is 0 Å². The Morgan fingerprint density at radius 3 is 2.34 bits per heavy atom. The summed E-state index contributed by atoms with van der Waals surface area (Å²) >= 11 is 2.38. The minimum absolute atomic E-state index is 0.000783. The van der Waals surface area contributed by atoms with E-state index in [2.05, 4.69) is 99.5 Å². The van der Waals surface area contributed by atoms with Gasteiger partial charge in [0, 0.05) is 16.4 Å². The van der Waals surface area contributed by atoms with Crippen LogP contribution < -0.4 is 5.32 Å². The highest BCUT2D eigenvalue weighted by Gasteiger charge is 2.34. The topological polar surface area (TPSA) is 90.3 Å². The maximum atomic E-state index is 10.1. The highest BCUT2D eigenvalue weighted by Crippen LogP contribution is 2.36. The van der Waals surface area contributed by atoms with Gasteiger partial charge in [-0.3, -0.25) is 0 Å². The first kappa shape index (κ1) is 27.5. The van der Waals surface area contributed by atoms with Gasteiger partial charge in [-0.1, -0.05) is 71.1 Å². The van der Waals surface area contributed by atoms with Crippen molar-refractivity contribution in [2.45, 2.75) is 49.6 Å². The lowest BCUT2D eigenvalue weighted by Gasteiger charge is -2.36. The van der Waals surface area contributed by atoms with E-state index >= 15 is 0 Å². The minimum atomic E-state index is -0.684. The molecular weight excluding hydrogens is 583 g/mol. The van der Waals surface area contributed by atoms with E-state index in [1.807, 2.05) is 44.2 Å². The van der Waals surface area contributed by atoms with Crippen molar-refractivity contribution in [2.24, 2.45) is 5.41 Å². The zero-order valence-corrected chi connectivity index (χ0v) is 24.0. The van der Waals surface area contributed by atoms with Gasteiger partial charge in [-0.15, -0.1) is 0 Å². The summed E-state index contributed by atoms with van der Waals surface area (Å²) in [7, 11) is 0. The number of hydrogen-bond acceptors (Lipinski definition) is 5. The molecule has 0 aliphatic heterocycles. The summed E-state index contributed by atoms with van der Waals surface area (Å²) in [5.74, 6) is 0.0873. The maximum absolute atomic E-state index is 10.1. The molecule has 7 heteroatoms. The Hall–Kier alpha value is -3.53. The van der Waals surface area contributed by atoms with Crippen molar-refractivity contribution in [1.82, 2.24) is 20.1 Å². The molecule has 0 radical (unpaired) electrons. The zero-order valence-electron chi connectivity index (χ0n) is 21.8. The molecule has 0 aliphatic carbocycles. The molecule has 0 saturated carbocycles. The molecule has 0 amide bonds. The highest BCUT2D eigenvalue weighted by molar-refractivity contribution is 14.1. The molecule has 1 heterocycles. The molecule has 6 nitrogen and oxygen atoms in total. The van der Waals surface area contributed by atoms with Gasteiger partial charge in [0.15, 0.2) is 0 Å². The summed E-state index contributed by atoms with van der Waals surface area (Å²) < 4.78 is 2.70. The lowest BCUT2D eigenvalue weighted by molar-refractivity contribution is 0.281. The Balaban J connectivity index is 1.70. The summed E-state index contributed by atoms with van der Waals surface area (Å²) in [5, 5.41) is 27.8. The van der Waals surface area contributed by atoms with E-state index in [0.717, 1.165) is 27.7 Å². The van der Waals surface area contributed by atoms with Crippen molar-refractivity contribution >= 4 is 22.6 Å². The van der Waals surface area contributed by atoms with Gasteiger partial charge in [-0.25, -0.2) is 9.67 Å². The monoisotopic (exact) mass is 614 g/mol. The van der Waals surface area contributed by atoms with E-state index in [4.69, 9.17) is 0 Å². The molecule has 1 N–H and O–H groups in total. The summed E-state index contributed by atoms with van der Waals surface area (Å²) in [5.41, 5.74) is 5.50. The number of aromatic nitrogens is 3. The van der Waals surface area contributed by atoms with E-state index in [1.165, 1.54) is 17.5 Å². The van der Waals surface area contributed by atoms with Crippen molar-refractivity contribution in [3.8, 4) is 17.8 Å². The summed E-state index contributed by atoms with van der Waals surface area (Å²) in [6.45, 7) is 6.10. The summed E-state index contributed by atoms with van der Waals surface area (Å²) in [4.78, 5) is 4.07. The van der Waals surface area contributed by atoms with Crippen LogP contribution in [0.1, 0.15) is 60.5 Å². The van der Waals surface area contributed by atoms with Crippen LogP contribution in [-0.2, 0) is 10.8 Å². The van der Waals surface area contributed by atoms with E-state index in [0.29, 0.717) is 5.56 Å². The molecule has 3 atom stereocenters. The summed E-state index contributed by atoms with van der Waals surface area (Å²) in [6.07, 6.45) is 3.99. The van der Waals surface area contributed by atoms with Gasteiger partial charge in [-0.05, 0) is 73.7 Å². The van der Waals surface area contributed by atoms with E-state index in [-0.39, 0.29) is 18.0 Å². The molecule has 192 valence electrons. The van der Waals surface area contributed by atoms with Crippen LogP contribution in [0, 0.1) is 28.1 Å². The Morgan fingerprint density at radius 1 is 0.974 bits per heavy atom. The number of hydrogen-bond donors (Lipinski definition) is 1. The largest absolute Gasteiger partial charge is 0.305 e. The molecule has 3 aromatic carbocycles. The lowest BCUT2D eigenvalue weighted by Crippen LogP contribution is -2.42. The molecule has 1 aromatic heterocycles. The van der Waals surface area contributed by atoms with Crippen LogP contribution in [0.15, 0.2) is 85.5 Å². The average Bonchev–Trinajstić information content (AvgIpc) is 3.50. The predicted octanol–water partition coefficient (Wildman–Crippen LogP) is 6.67. The zero-order chi connectivity index (χ0) is 27.1. The molecule has 0 saturated heterocycles. The van der Waals surface area contributed by atoms with Gasteiger partial charge in [-0.2, -0.15) is 15.6 Å². The Kier molecular flexibility index (Phi) is 8.93. The molecule has 4 aromatic rings. The van der Waals surface area contributed by atoms with E-state index in [1.54, 1.807) is 11.0 Å². The summed E-state index contributed by atoms with van der Waals surface area (Å²) in [6, 6.07) is 29.3. The van der Waals surface area contributed by atoms with Crippen molar-refractivity contribution in [3.63, 3.8) is 0 Å². The standard InChI is InChI=1S/C31H31IN6/c1-22(29(26-7-4-6-25(14-26)18-33)15-23-10-12-24(17-32)13-11-23)37-30(31(2,3)19-34)27-8-5-9-28(16-27)38-21-35-20-36-38/h4-14,16,20-22,29-30,37H,15,17H2,1-3H3/t22-,29+,30?/m0/s1. The lowest BCUT2D eigenvalue weighted by atomic mass is 9.79. The minimum Gasteiger partial charge on any atom is -0.305 e. The van der Waals surface area contributed by atoms with Crippen molar-refractivity contribution in [3.05, 3.63) is 113 Å². The molecule has 0 spiro atoms. The first-order valence-corrected chi connectivity index (χ1v) is 14.1. The first-order valence-electron chi connectivity index (χ1n) is 12.6. The van der Waals surface area contributed by atoms with Gasteiger partial charge < -0.3 is 5.32 Å². The third kappa shape index (κ3) is 6.48. The van der Waals surface area contributed by atoms with Gasteiger partial charge in [0.2, 0.25) is 0 Å². The molecule has 0 fully saturated rings. The highest BCUT2D eigenvalue weighted by atomic mass is 127. The number of alkyl halides is 1. The van der Waals surface area contributed by atoms with Crippen LogP contribution in [0.4, 0.5) is 0 Å². The van der Waals surface area contributed by atoms with Crippen molar-refractivity contribution in [2.75, 3.05) is 0 Å². The molecule has 0 bridgehead atoms. The fraction of sp³-hybridized carbons (Fsp3) is 0.290. The van der Waals surface area contributed by atoms with Gasteiger partial charge in [0.25, 0.3) is 0 Å². The normalized spacial score (nSPS) is 13.7. The van der Waals surface area contributed by atoms with Crippen LogP contribution >= 0.6 is 22.6 Å². The predicted molar refractivity (Wildman–Crippen MR) is 158 cm³/mol. The number of halogens is 1. The number of rotatable bonds is 10. The quantitative estimate of drug-likeness (QED) is 0.159. The maximum Gasteiger partial charge on any atom is 0.138 e. The Bertz CT molecular complexity index is 1430. The second kappa shape index (κ2) is 12.3. The van der Waals surface area contributed by atoms with Crippen molar-refractivity contribution < 1.29 is 0 Å². The first-order chi connectivity index (χ1) is 18.3. The number of nitrogens with one attached hydrogen (secondary N) is 1. The van der Waals surface area contributed by atoms with Crippen LogP contribution in [-0.4, -0.2) is 20.8 Å². The smallest absolute Gasteiger partial charge is 0.138 e. The fourth-order valence-corrected chi connectivity index (χ4v) is 5.30. The molecule has 4 rings (SSSR count). The Morgan fingerprint density at radius 2 is 1.68 bits per heavy atom. The van der Waals surface area contributed by atoms with Crippen LogP contribution in [0.5, 0.6) is 0 Å². The number of nitrogens with zero attached hydrogens (tertiary/aromatic N) is 5. The van der Waals surface area contributed by atoms with E-state index < -0.39 is 5.41 Å². The third-order valence-electron chi connectivity index (χ3n) is 7.01. The second-order valence-electron chi connectivity index (χ2n) is 10.2. The van der Waals surface area contributed by atoms with E-state index in [9.17, 15) is 10.5 Å².